The quantitative estimate of drug-likeness (QED) is 0.489. The van der Waals surface area contributed by atoms with Gasteiger partial charge in [-0.1, -0.05) is 12.1 Å². The maximum atomic E-state index is 12.9. The first-order valence-electron chi connectivity index (χ1n) is 7.18. The third-order valence-electron chi connectivity index (χ3n) is 3.22. The fourth-order valence-electron chi connectivity index (χ4n) is 2.09. The molecule has 2 rings (SSSR count). The molecular formula is C16H10F6N4O. The Morgan fingerprint density at radius 1 is 1.22 bits per heavy atom. The van der Waals surface area contributed by atoms with Crippen LogP contribution >= 0.6 is 0 Å². The Morgan fingerprint density at radius 2 is 1.89 bits per heavy atom. The number of halogens is 6. The lowest BCUT2D eigenvalue weighted by molar-refractivity contribution is -0.140. The highest BCUT2D eigenvalue weighted by Crippen LogP contribution is 2.34. The third kappa shape index (κ3) is 5.34. The molecule has 1 amide bonds. The first-order valence-corrected chi connectivity index (χ1v) is 7.18. The van der Waals surface area contributed by atoms with Crippen LogP contribution in [0, 0.1) is 11.3 Å². The molecule has 0 aliphatic rings. The van der Waals surface area contributed by atoms with Crippen LogP contribution in [0.5, 0.6) is 0 Å². The molecule has 0 bridgehead atoms. The lowest BCUT2D eigenvalue weighted by atomic mass is 10.1. The number of nitrogens with zero attached hydrogens (tertiary/aromatic N) is 3. The average molecular weight is 388 g/mol. The Bertz CT molecular complexity index is 905. The zero-order chi connectivity index (χ0) is 20.2. The SMILES string of the molecule is N#C/C(=C/c1nccn1CC(F)(F)F)C(=O)Nc1ccccc1C(F)(F)F. The van der Waals surface area contributed by atoms with Crippen molar-refractivity contribution in [2.75, 3.05) is 5.32 Å². The van der Waals surface area contributed by atoms with Crippen LogP contribution in [0.25, 0.3) is 6.08 Å². The number of rotatable bonds is 4. The van der Waals surface area contributed by atoms with Crippen molar-refractivity contribution in [1.29, 1.82) is 5.26 Å². The summed E-state index contributed by atoms with van der Waals surface area (Å²) in [5, 5.41) is 11.0. The molecule has 1 aromatic carbocycles. The third-order valence-corrected chi connectivity index (χ3v) is 3.22. The number of nitriles is 1. The Morgan fingerprint density at radius 3 is 2.48 bits per heavy atom. The van der Waals surface area contributed by atoms with E-state index in [1.54, 1.807) is 0 Å². The molecule has 11 heteroatoms. The van der Waals surface area contributed by atoms with Crippen molar-refractivity contribution in [3.63, 3.8) is 0 Å². The minimum Gasteiger partial charge on any atom is -0.322 e. The van der Waals surface area contributed by atoms with Gasteiger partial charge in [-0.2, -0.15) is 31.6 Å². The van der Waals surface area contributed by atoms with Crippen LogP contribution < -0.4 is 5.32 Å². The van der Waals surface area contributed by atoms with Gasteiger partial charge < -0.3 is 9.88 Å². The van der Waals surface area contributed by atoms with Crippen molar-refractivity contribution in [3.05, 3.63) is 53.6 Å². The summed E-state index contributed by atoms with van der Waals surface area (Å²) in [5.41, 5.74) is -2.43. The zero-order valence-electron chi connectivity index (χ0n) is 13.3. The molecule has 5 nitrogen and oxygen atoms in total. The summed E-state index contributed by atoms with van der Waals surface area (Å²) in [7, 11) is 0. The second-order valence-electron chi connectivity index (χ2n) is 5.20. The van der Waals surface area contributed by atoms with Gasteiger partial charge in [-0.25, -0.2) is 4.98 Å². The molecule has 0 fully saturated rings. The summed E-state index contributed by atoms with van der Waals surface area (Å²) in [6.07, 6.45) is -6.53. The number of anilines is 1. The zero-order valence-corrected chi connectivity index (χ0v) is 13.3. The van der Waals surface area contributed by atoms with E-state index in [1.165, 1.54) is 12.1 Å². The first-order chi connectivity index (χ1) is 12.5. The molecular weight excluding hydrogens is 378 g/mol. The summed E-state index contributed by atoms with van der Waals surface area (Å²) in [6, 6.07) is 5.53. The van der Waals surface area contributed by atoms with Crippen molar-refractivity contribution in [3.8, 4) is 6.07 Å². The molecule has 1 aromatic heterocycles. The van der Waals surface area contributed by atoms with Crippen molar-refractivity contribution < 1.29 is 31.1 Å². The van der Waals surface area contributed by atoms with E-state index in [1.807, 2.05) is 5.32 Å². The van der Waals surface area contributed by atoms with E-state index in [0.717, 1.165) is 36.7 Å². The van der Waals surface area contributed by atoms with Crippen LogP contribution in [-0.2, 0) is 17.5 Å². The van der Waals surface area contributed by atoms with E-state index in [4.69, 9.17) is 5.26 Å². The van der Waals surface area contributed by atoms with Crippen LogP contribution in [0.15, 0.2) is 42.2 Å². The van der Waals surface area contributed by atoms with Gasteiger partial charge in [-0.3, -0.25) is 4.79 Å². The topological polar surface area (TPSA) is 70.7 Å². The van der Waals surface area contributed by atoms with Crippen LogP contribution in [0.3, 0.4) is 0 Å². The number of imidazole rings is 1. The van der Waals surface area contributed by atoms with Gasteiger partial charge in [0.15, 0.2) is 0 Å². The van der Waals surface area contributed by atoms with E-state index < -0.39 is 41.6 Å². The van der Waals surface area contributed by atoms with Gasteiger partial charge >= 0.3 is 12.4 Å². The summed E-state index contributed by atoms with van der Waals surface area (Å²) in [4.78, 5) is 15.7. The molecule has 2 aromatic rings. The van der Waals surface area contributed by atoms with E-state index in [9.17, 15) is 31.1 Å². The van der Waals surface area contributed by atoms with Gasteiger partial charge in [0.05, 0.1) is 11.3 Å². The maximum Gasteiger partial charge on any atom is 0.418 e. The highest BCUT2D eigenvalue weighted by Gasteiger charge is 2.34. The number of benzene rings is 1. The lowest BCUT2D eigenvalue weighted by Crippen LogP contribution is -2.19. The molecule has 0 aliphatic carbocycles. The summed E-state index contributed by atoms with van der Waals surface area (Å²) >= 11 is 0. The molecule has 27 heavy (non-hydrogen) atoms. The fourth-order valence-corrected chi connectivity index (χ4v) is 2.09. The number of hydrogen-bond acceptors (Lipinski definition) is 3. The molecule has 0 unspecified atom stereocenters. The minimum absolute atomic E-state index is 0.344. The molecule has 0 saturated carbocycles. The Labute approximate surface area is 148 Å². The Kier molecular flexibility index (Phi) is 5.58. The fraction of sp³-hybridized carbons (Fsp3) is 0.188. The van der Waals surface area contributed by atoms with E-state index in [-0.39, 0.29) is 5.82 Å². The monoisotopic (exact) mass is 388 g/mol. The van der Waals surface area contributed by atoms with E-state index in [0.29, 0.717) is 4.57 Å². The molecule has 0 saturated heterocycles. The average Bonchev–Trinajstić information content (AvgIpc) is 2.96. The number of carbonyl (C=O) groups excluding carboxylic acids is 1. The number of aromatic nitrogens is 2. The van der Waals surface area contributed by atoms with Crippen molar-refractivity contribution in [1.82, 2.24) is 9.55 Å². The predicted octanol–water partition coefficient (Wildman–Crippen LogP) is 4.01. The number of alkyl halides is 6. The smallest absolute Gasteiger partial charge is 0.322 e. The van der Waals surface area contributed by atoms with E-state index in [2.05, 4.69) is 4.98 Å². The van der Waals surface area contributed by atoms with Gasteiger partial charge in [-0.15, -0.1) is 0 Å². The summed E-state index contributed by atoms with van der Waals surface area (Å²) in [5.74, 6) is -1.56. The molecule has 0 spiro atoms. The van der Waals surface area contributed by atoms with Gasteiger partial charge in [0.1, 0.15) is 24.0 Å². The minimum atomic E-state index is -4.75. The number of amides is 1. The van der Waals surface area contributed by atoms with Gasteiger partial charge in [0.25, 0.3) is 5.91 Å². The summed E-state index contributed by atoms with van der Waals surface area (Å²) < 4.78 is 77.0. The van der Waals surface area contributed by atoms with Crippen molar-refractivity contribution in [2.24, 2.45) is 0 Å². The second-order valence-corrected chi connectivity index (χ2v) is 5.20. The van der Waals surface area contributed by atoms with E-state index >= 15 is 0 Å². The Hall–Kier alpha value is -3.29. The van der Waals surface area contributed by atoms with Crippen molar-refractivity contribution >= 4 is 17.7 Å². The molecule has 1 heterocycles. The van der Waals surface area contributed by atoms with Gasteiger partial charge in [0.2, 0.25) is 0 Å². The second kappa shape index (κ2) is 7.53. The normalized spacial score (nSPS) is 12.6. The van der Waals surface area contributed by atoms with Crippen LogP contribution in [-0.4, -0.2) is 21.6 Å². The number of hydrogen-bond donors (Lipinski definition) is 1. The van der Waals surface area contributed by atoms with Gasteiger partial charge in [-0.05, 0) is 12.1 Å². The highest BCUT2D eigenvalue weighted by molar-refractivity contribution is 6.09. The highest BCUT2D eigenvalue weighted by atomic mass is 19.4. The van der Waals surface area contributed by atoms with Gasteiger partial charge in [0, 0.05) is 18.5 Å². The largest absolute Gasteiger partial charge is 0.418 e. The maximum absolute atomic E-state index is 12.9. The van der Waals surface area contributed by atoms with Crippen LogP contribution in [0.4, 0.5) is 32.0 Å². The van der Waals surface area contributed by atoms with Crippen LogP contribution in [0.2, 0.25) is 0 Å². The first kappa shape index (κ1) is 20.0. The molecule has 142 valence electrons. The molecule has 0 radical (unpaired) electrons. The lowest BCUT2D eigenvalue weighted by Gasteiger charge is -2.13. The standard InChI is InChI=1S/C16H10F6N4O/c17-15(18,19)9-26-6-5-24-13(26)7-10(8-23)14(27)25-12-4-2-1-3-11(12)16(20,21)22/h1-7H,9H2,(H,25,27)/b10-7-. The Balaban J connectivity index is 2.30. The summed E-state index contributed by atoms with van der Waals surface area (Å²) in [6.45, 7) is -1.41. The number of carbonyl (C=O) groups is 1. The number of nitrogens with one attached hydrogen (secondary N) is 1. The number of para-hydroxylation sites is 1. The molecule has 0 aliphatic heterocycles. The molecule has 1 N–H and O–H groups in total. The predicted molar refractivity (Wildman–Crippen MR) is 81.9 cm³/mol. The molecule has 0 atom stereocenters. The van der Waals surface area contributed by atoms with Crippen LogP contribution in [0.1, 0.15) is 11.4 Å². The van der Waals surface area contributed by atoms with Crippen molar-refractivity contribution in [2.45, 2.75) is 18.9 Å².